The Hall–Kier alpha value is 0.880. The summed E-state index contributed by atoms with van der Waals surface area (Å²) in [6.45, 7) is 0. The summed E-state index contributed by atoms with van der Waals surface area (Å²) < 4.78 is 16.4. The van der Waals surface area contributed by atoms with Gasteiger partial charge in [-0.1, -0.05) is 0 Å². The van der Waals surface area contributed by atoms with Crippen LogP contribution in [0.25, 0.3) is 0 Å². The number of rotatable bonds is 5. The van der Waals surface area contributed by atoms with E-state index in [1.807, 2.05) is 0 Å². The molecule has 136 valence electrons. The fourth-order valence-corrected chi connectivity index (χ4v) is 3.58. The Morgan fingerprint density at radius 3 is 2.00 bits per heavy atom. The second-order valence-corrected chi connectivity index (χ2v) is 6.82. The molecule has 0 radical (unpaired) electrons. The van der Waals surface area contributed by atoms with Crippen molar-refractivity contribution in [3.8, 4) is 0 Å². The maximum absolute atomic E-state index is 10.2. The van der Waals surface area contributed by atoms with Gasteiger partial charge in [0.25, 0.3) is 0 Å². The zero-order chi connectivity index (χ0) is 17.4. The van der Waals surface area contributed by atoms with Crippen molar-refractivity contribution in [2.24, 2.45) is 0 Å². The largest absolute Gasteiger partial charge is 0.389 e. The van der Waals surface area contributed by atoms with E-state index in [4.69, 9.17) is 60.6 Å². The van der Waals surface area contributed by atoms with Gasteiger partial charge >= 0.3 is 0 Å². The highest BCUT2D eigenvalue weighted by atomic mass is 35.5. The topological polar surface area (TPSA) is 109 Å². The molecule has 23 heavy (non-hydrogen) atoms. The number of aliphatic hydroxyl groups is 4. The third-order valence-corrected chi connectivity index (χ3v) is 5.38. The van der Waals surface area contributed by atoms with E-state index < -0.39 is 54.1 Å². The van der Waals surface area contributed by atoms with Crippen LogP contribution in [0.2, 0.25) is 0 Å². The molecule has 0 unspecified atom stereocenters. The van der Waals surface area contributed by atoms with Gasteiger partial charge in [-0.2, -0.15) is 0 Å². The van der Waals surface area contributed by atoms with Crippen molar-refractivity contribution in [2.75, 3.05) is 17.6 Å². The van der Waals surface area contributed by atoms with Crippen LogP contribution in [0.3, 0.4) is 0 Å². The predicted octanol–water partition coefficient (Wildman–Crippen LogP) is -0.410. The van der Waals surface area contributed by atoms with E-state index in [0.29, 0.717) is 0 Å². The van der Waals surface area contributed by atoms with Crippen molar-refractivity contribution in [3.63, 3.8) is 0 Å². The van der Waals surface area contributed by atoms with Crippen LogP contribution in [0.4, 0.5) is 0 Å². The van der Waals surface area contributed by atoms with Crippen LogP contribution in [0.15, 0.2) is 0 Å². The van der Waals surface area contributed by atoms with Gasteiger partial charge in [0.15, 0.2) is 6.29 Å². The van der Waals surface area contributed by atoms with Crippen LogP contribution < -0.4 is 0 Å². The van der Waals surface area contributed by atoms with Gasteiger partial charge in [-0.05, 0) is 0 Å². The minimum absolute atomic E-state index is 0.0955. The molecule has 0 bridgehead atoms. The number of aliphatic hydroxyl groups excluding tert-OH is 4. The molecular formula is C12H18Cl4O7. The van der Waals surface area contributed by atoms with E-state index in [1.54, 1.807) is 0 Å². The van der Waals surface area contributed by atoms with Crippen molar-refractivity contribution in [3.05, 3.63) is 0 Å². The zero-order valence-corrected chi connectivity index (χ0v) is 14.8. The van der Waals surface area contributed by atoms with E-state index in [0.717, 1.165) is 0 Å². The highest BCUT2D eigenvalue weighted by Gasteiger charge is 2.58. The van der Waals surface area contributed by atoms with E-state index in [2.05, 4.69) is 0 Å². The molecule has 0 aromatic rings. The fourth-order valence-electron chi connectivity index (χ4n) is 2.54. The molecule has 2 aliphatic heterocycles. The van der Waals surface area contributed by atoms with Crippen molar-refractivity contribution in [1.29, 1.82) is 0 Å². The summed E-state index contributed by atoms with van der Waals surface area (Å²) in [5, 5.41) is 38.7. The SMILES string of the molecule is O[C@@H]1[C@@H](CCl)O[C@@](CCl)(O[C@H]2O[C@H](CCl)[C@@H](O)[C@H](O)[C@@H]2Cl)[C@H]1O. The van der Waals surface area contributed by atoms with Gasteiger partial charge in [-0.15, -0.1) is 46.4 Å². The molecule has 0 spiro atoms. The Bertz CT molecular complexity index is 404. The predicted molar refractivity (Wildman–Crippen MR) is 83.2 cm³/mol. The molecule has 0 saturated carbocycles. The summed E-state index contributed by atoms with van der Waals surface area (Å²) in [5.41, 5.74) is 0. The maximum Gasteiger partial charge on any atom is 0.214 e. The van der Waals surface area contributed by atoms with Gasteiger partial charge in [-0.3, -0.25) is 0 Å². The summed E-state index contributed by atoms with van der Waals surface area (Å²) >= 11 is 23.2. The average molecular weight is 416 g/mol. The third kappa shape index (κ3) is 3.71. The zero-order valence-electron chi connectivity index (χ0n) is 11.8. The molecule has 2 rings (SSSR count). The molecule has 7 nitrogen and oxygen atoms in total. The van der Waals surface area contributed by atoms with Crippen molar-refractivity contribution >= 4 is 46.4 Å². The van der Waals surface area contributed by atoms with Crippen LogP contribution in [-0.2, 0) is 14.2 Å². The molecule has 11 heteroatoms. The first-order valence-corrected chi connectivity index (χ1v) is 8.90. The van der Waals surface area contributed by atoms with Gasteiger partial charge in [0.2, 0.25) is 5.79 Å². The molecular weight excluding hydrogens is 398 g/mol. The number of hydrogen-bond acceptors (Lipinski definition) is 7. The molecule has 4 N–H and O–H groups in total. The third-order valence-electron chi connectivity index (χ3n) is 3.94. The Morgan fingerprint density at radius 1 is 0.913 bits per heavy atom. The summed E-state index contributed by atoms with van der Waals surface area (Å²) in [6, 6.07) is 0. The Kier molecular flexibility index (Phi) is 7.07. The number of alkyl halides is 4. The fraction of sp³-hybridized carbons (Fsp3) is 1.00. The summed E-state index contributed by atoms with van der Waals surface area (Å²) in [6.07, 6.45) is -8.61. The smallest absolute Gasteiger partial charge is 0.214 e. The Labute approximate surface area is 152 Å². The van der Waals surface area contributed by atoms with Crippen LogP contribution in [0.5, 0.6) is 0 Å². The van der Waals surface area contributed by atoms with Gasteiger partial charge in [0, 0.05) is 0 Å². The molecule has 2 fully saturated rings. The standard InChI is InChI=1S/C12H18Cl4O7/c13-1-4-7(17)9(19)6(16)11(21-4)23-12(3-15)10(20)8(18)5(2-14)22-12/h4-11,17-20H,1-3H2/t4-,5-,6+,7-,8-,9-,10+,11-,12+/m1/s1. The van der Waals surface area contributed by atoms with Crippen LogP contribution in [-0.4, -0.2) is 92.1 Å². The number of hydrogen-bond donors (Lipinski definition) is 4. The van der Waals surface area contributed by atoms with E-state index >= 15 is 0 Å². The Morgan fingerprint density at radius 2 is 1.52 bits per heavy atom. The monoisotopic (exact) mass is 414 g/mol. The Balaban J connectivity index is 2.18. The summed E-state index contributed by atoms with van der Waals surface area (Å²) in [5.74, 6) is -2.39. The minimum atomic E-state index is -1.82. The van der Waals surface area contributed by atoms with Gasteiger partial charge < -0.3 is 34.6 Å². The van der Waals surface area contributed by atoms with E-state index in [1.165, 1.54) is 0 Å². The number of ether oxygens (including phenoxy) is 3. The normalized spacial score (nSPS) is 51.1. The minimum Gasteiger partial charge on any atom is -0.389 e. The van der Waals surface area contributed by atoms with Gasteiger partial charge in [-0.25, -0.2) is 0 Å². The first-order valence-electron chi connectivity index (χ1n) is 6.86. The average Bonchev–Trinajstić information content (AvgIpc) is 2.80. The molecule has 9 atom stereocenters. The first kappa shape index (κ1) is 20.2. The second-order valence-electron chi connectivity index (χ2n) is 5.43. The van der Waals surface area contributed by atoms with E-state index in [-0.39, 0.29) is 17.6 Å². The van der Waals surface area contributed by atoms with Gasteiger partial charge in [0.05, 0.1) is 17.6 Å². The lowest BCUT2D eigenvalue weighted by Crippen LogP contribution is -2.60. The van der Waals surface area contributed by atoms with Gasteiger partial charge in [0.1, 0.15) is 42.0 Å². The lowest BCUT2D eigenvalue weighted by Gasteiger charge is -2.43. The molecule has 0 aromatic carbocycles. The van der Waals surface area contributed by atoms with Crippen molar-refractivity contribution in [2.45, 2.75) is 54.1 Å². The molecule has 2 heterocycles. The highest BCUT2D eigenvalue weighted by Crippen LogP contribution is 2.38. The summed E-state index contributed by atoms with van der Waals surface area (Å²) in [4.78, 5) is 0. The highest BCUT2D eigenvalue weighted by molar-refractivity contribution is 6.21. The second kappa shape index (κ2) is 8.05. The quantitative estimate of drug-likeness (QED) is 0.452. The molecule has 0 aliphatic carbocycles. The van der Waals surface area contributed by atoms with Crippen LogP contribution in [0, 0.1) is 0 Å². The lowest BCUT2D eigenvalue weighted by molar-refractivity contribution is -0.340. The van der Waals surface area contributed by atoms with Crippen molar-refractivity contribution < 1.29 is 34.6 Å². The molecule has 0 aromatic heterocycles. The van der Waals surface area contributed by atoms with E-state index in [9.17, 15) is 20.4 Å². The van der Waals surface area contributed by atoms with Crippen molar-refractivity contribution in [1.82, 2.24) is 0 Å². The molecule has 2 saturated heterocycles. The molecule has 0 amide bonds. The van der Waals surface area contributed by atoms with Crippen LogP contribution >= 0.6 is 46.4 Å². The lowest BCUT2D eigenvalue weighted by atomic mass is 10.0. The molecule has 2 aliphatic rings. The maximum atomic E-state index is 10.2. The first-order chi connectivity index (χ1) is 10.8. The van der Waals surface area contributed by atoms with Crippen LogP contribution in [0.1, 0.15) is 0 Å². The number of halogens is 4. The summed E-state index contributed by atoms with van der Waals surface area (Å²) in [7, 11) is 0.